The number of carbonyl (C=O) groups is 1. The number of benzene rings is 2. The van der Waals surface area contributed by atoms with Gasteiger partial charge in [0.15, 0.2) is 5.78 Å². The number of anilines is 1. The van der Waals surface area contributed by atoms with Gasteiger partial charge in [-0.1, -0.05) is 11.6 Å². The third-order valence-electron chi connectivity index (χ3n) is 4.68. The Bertz CT molecular complexity index is 968. The summed E-state index contributed by atoms with van der Waals surface area (Å²) in [7, 11) is 0. The van der Waals surface area contributed by atoms with E-state index in [0.29, 0.717) is 16.3 Å². The molecule has 0 saturated carbocycles. The molecule has 28 heavy (non-hydrogen) atoms. The van der Waals surface area contributed by atoms with Gasteiger partial charge in [0.25, 0.3) is 0 Å². The molecule has 0 radical (unpaired) electrons. The zero-order valence-electron chi connectivity index (χ0n) is 15.3. The summed E-state index contributed by atoms with van der Waals surface area (Å²) in [5.74, 6) is 1.31. The van der Waals surface area contributed by atoms with Gasteiger partial charge in [-0.2, -0.15) is 0 Å². The smallest absolute Gasteiger partial charge is 0.185 e. The van der Waals surface area contributed by atoms with Gasteiger partial charge >= 0.3 is 0 Å². The second-order valence-corrected chi connectivity index (χ2v) is 6.99. The second kappa shape index (κ2) is 8.46. The minimum atomic E-state index is -0.0574. The van der Waals surface area contributed by atoms with E-state index in [0.717, 1.165) is 43.3 Å². The molecular formula is C23H20ClNO3. The van der Waals surface area contributed by atoms with Crippen LogP contribution in [0.15, 0.2) is 71.2 Å². The number of halogens is 1. The van der Waals surface area contributed by atoms with Gasteiger partial charge in [-0.15, -0.1) is 0 Å². The lowest BCUT2D eigenvalue weighted by Crippen LogP contribution is -2.36. The van der Waals surface area contributed by atoms with Crippen molar-refractivity contribution in [1.29, 1.82) is 0 Å². The fourth-order valence-electron chi connectivity index (χ4n) is 3.12. The molecule has 4 rings (SSSR count). The fourth-order valence-corrected chi connectivity index (χ4v) is 3.25. The Kier molecular flexibility index (Phi) is 5.60. The molecule has 0 atom stereocenters. The van der Waals surface area contributed by atoms with Crippen LogP contribution in [-0.4, -0.2) is 32.1 Å². The van der Waals surface area contributed by atoms with E-state index >= 15 is 0 Å². The van der Waals surface area contributed by atoms with E-state index in [2.05, 4.69) is 4.90 Å². The van der Waals surface area contributed by atoms with Crippen LogP contribution in [0.5, 0.6) is 0 Å². The van der Waals surface area contributed by atoms with Gasteiger partial charge in [0.2, 0.25) is 0 Å². The van der Waals surface area contributed by atoms with Gasteiger partial charge < -0.3 is 14.1 Å². The third-order valence-corrected chi connectivity index (χ3v) is 4.93. The molecule has 1 aromatic heterocycles. The van der Waals surface area contributed by atoms with Crippen molar-refractivity contribution in [3.05, 3.63) is 83.1 Å². The Morgan fingerprint density at radius 2 is 1.64 bits per heavy atom. The molecule has 4 nitrogen and oxygen atoms in total. The summed E-state index contributed by atoms with van der Waals surface area (Å²) in [5.41, 5.74) is 2.70. The number of morpholine rings is 1. The van der Waals surface area contributed by atoms with E-state index in [1.807, 2.05) is 60.7 Å². The topological polar surface area (TPSA) is 42.7 Å². The van der Waals surface area contributed by atoms with Gasteiger partial charge in [0, 0.05) is 34.9 Å². The number of ether oxygens (including phenoxy) is 1. The number of furan rings is 1. The average molecular weight is 394 g/mol. The number of hydrogen-bond acceptors (Lipinski definition) is 4. The maximum absolute atomic E-state index is 12.4. The first kappa shape index (κ1) is 18.5. The largest absolute Gasteiger partial charge is 0.457 e. The molecule has 1 aliphatic rings. The van der Waals surface area contributed by atoms with E-state index in [4.69, 9.17) is 20.8 Å². The minimum absolute atomic E-state index is 0.0574. The Hall–Kier alpha value is -2.82. The molecule has 3 aromatic rings. The van der Waals surface area contributed by atoms with Crippen LogP contribution in [0, 0.1) is 0 Å². The number of allylic oxidation sites excluding steroid dienone is 1. The van der Waals surface area contributed by atoms with Gasteiger partial charge in [-0.3, -0.25) is 4.79 Å². The van der Waals surface area contributed by atoms with Crippen molar-refractivity contribution in [2.75, 3.05) is 31.2 Å². The lowest BCUT2D eigenvalue weighted by Gasteiger charge is -2.28. The first-order valence-electron chi connectivity index (χ1n) is 9.20. The predicted octanol–water partition coefficient (Wildman–Crippen LogP) is 5.33. The molecule has 0 amide bonds. The molecule has 142 valence electrons. The van der Waals surface area contributed by atoms with Crippen molar-refractivity contribution in [2.24, 2.45) is 0 Å². The summed E-state index contributed by atoms with van der Waals surface area (Å²) in [5, 5.41) is 0.681. The third kappa shape index (κ3) is 4.35. The first-order chi connectivity index (χ1) is 13.7. The minimum Gasteiger partial charge on any atom is -0.457 e. The molecule has 0 spiro atoms. The highest BCUT2D eigenvalue weighted by Gasteiger charge is 2.11. The van der Waals surface area contributed by atoms with Crippen LogP contribution < -0.4 is 4.90 Å². The van der Waals surface area contributed by atoms with Crippen molar-refractivity contribution < 1.29 is 13.9 Å². The van der Waals surface area contributed by atoms with Crippen LogP contribution >= 0.6 is 11.6 Å². The molecule has 0 unspecified atom stereocenters. The summed E-state index contributed by atoms with van der Waals surface area (Å²) < 4.78 is 11.2. The number of ketones is 1. The van der Waals surface area contributed by atoms with Crippen LogP contribution in [0.2, 0.25) is 5.02 Å². The van der Waals surface area contributed by atoms with Crippen molar-refractivity contribution in [1.82, 2.24) is 0 Å². The summed E-state index contributed by atoms with van der Waals surface area (Å²) >= 11 is 5.91. The van der Waals surface area contributed by atoms with Gasteiger partial charge in [0.1, 0.15) is 11.5 Å². The van der Waals surface area contributed by atoms with E-state index < -0.39 is 0 Å². The summed E-state index contributed by atoms with van der Waals surface area (Å²) in [6.07, 6.45) is 3.23. The number of carbonyl (C=O) groups excluding carboxylic acids is 1. The van der Waals surface area contributed by atoms with Crippen LogP contribution in [0.3, 0.4) is 0 Å². The first-order valence-corrected chi connectivity index (χ1v) is 9.58. The van der Waals surface area contributed by atoms with Crippen LogP contribution in [0.1, 0.15) is 16.1 Å². The second-order valence-electron chi connectivity index (χ2n) is 6.55. The van der Waals surface area contributed by atoms with E-state index in [-0.39, 0.29) is 5.78 Å². The Morgan fingerprint density at radius 3 is 2.36 bits per heavy atom. The standard InChI is InChI=1S/C23H20ClNO3/c24-19-5-1-18(2-6-19)23-12-10-21(28-23)9-11-22(26)17-3-7-20(8-4-17)25-13-15-27-16-14-25/h1-12H,13-16H2/b11-9+. The highest BCUT2D eigenvalue weighted by molar-refractivity contribution is 6.30. The maximum atomic E-state index is 12.4. The SMILES string of the molecule is O=C(/C=C/c1ccc(-c2ccc(Cl)cc2)o1)c1ccc(N2CCOCC2)cc1. The molecule has 1 aliphatic heterocycles. The molecule has 0 N–H and O–H groups in total. The van der Waals surface area contributed by atoms with Crippen LogP contribution in [0.4, 0.5) is 5.69 Å². The normalized spacial score (nSPS) is 14.5. The molecule has 2 heterocycles. The van der Waals surface area contributed by atoms with Gasteiger partial charge in [-0.25, -0.2) is 0 Å². The average Bonchev–Trinajstić information content (AvgIpc) is 3.22. The van der Waals surface area contributed by atoms with Gasteiger partial charge in [0.05, 0.1) is 13.2 Å². The molecule has 0 aliphatic carbocycles. The van der Waals surface area contributed by atoms with Crippen molar-refractivity contribution in [3.63, 3.8) is 0 Å². The molecule has 1 saturated heterocycles. The fraction of sp³-hybridized carbons (Fsp3) is 0.174. The molecule has 1 fully saturated rings. The quantitative estimate of drug-likeness (QED) is 0.434. The Morgan fingerprint density at radius 1 is 0.929 bits per heavy atom. The van der Waals surface area contributed by atoms with Crippen molar-refractivity contribution in [2.45, 2.75) is 0 Å². The number of nitrogens with zero attached hydrogens (tertiary/aromatic N) is 1. The van der Waals surface area contributed by atoms with E-state index in [9.17, 15) is 4.79 Å². The summed E-state index contributed by atoms with van der Waals surface area (Å²) in [6, 6.07) is 18.8. The zero-order valence-corrected chi connectivity index (χ0v) is 16.1. The van der Waals surface area contributed by atoms with E-state index in [1.165, 1.54) is 6.08 Å². The monoisotopic (exact) mass is 393 g/mol. The van der Waals surface area contributed by atoms with Crippen molar-refractivity contribution >= 4 is 29.1 Å². The lowest BCUT2D eigenvalue weighted by atomic mass is 10.1. The summed E-state index contributed by atoms with van der Waals surface area (Å²) in [6.45, 7) is 3.23. The van der Waals surface area contributed by atoms with E-state index in [1.54, 1.807) is 6.08 Å². The van der Waals surface area contributed by atoms with Crippen LogP contribution in [-0.2, 0) is 4.74 Å². The molecule has 2 aromatic carbocycles. The predicted molar refractivity (Wildman–Crippen MR) is 112 cm³/mol. The van der Waals surface area contributed by atoms with Crippen LogP contribution in [0.25, 0.3) is 17.4 Å². The molecular weight excluding hydrogens is 374 g/mol. The van der Waals surface area contributed by atoms with Gasteiger partial charge in [-0.05, 0) is 72.8 Å². The molecule has 5 heteroatoms. The lowest BCUT2D eigenvalue weighted by molar-refractivity contribution is 0.104. The number of rotatable bonds is 5. The Labute approximate surface area is 169 Å². The maximum Gasteiger partial charge on any atom is 0.185 e. The Balaban J connectivity index is 1.42. The van der Waals surface area contributed by atoms with Crippen molar-refractivity contribution in [3.8, 4) is 11.3 Å². The number of hydrogen-bond donors (Lipinski definition) is 0. The summed E-state index contributed by atoms with van der Waals surface area (Å²) in [4.78, 5) is 14.7. The molecule has 0 bridgehead atoms. The highest BCUT2D eigenvalue weighted by Crippen LogP contribution is 2.24. The highest BCUT2D eigenvalue weighted by atomic mass is 35.5. The zero-order chi connectivity index (χ0) is 19.3.